The van der Waals surface area contributed by atoms with Crippen LogP contribution in [-0.2, 0) is 4.79 Å². The van der Waals surface area contributed by atoms with Crippen molar-refractivity contribution in [3.8, 4) is 0 Å². The van der Waals surface area contributed by atoms with Crippen molar-refractivity contribution in [2.75, 3.05) is 26.2 Å². The Morgan fingerprint density at radius 1 is 1.14 bits per heavy atom. The fourth-order valence-corrected chi connectivity index (χ4v) is 3.54. The molecule has 0 atom stereocenters. The smallest absolute Gasteiger partial charge is 0.229 e. The minimum Gasteiger partial charge on any atom is -0.343 e. The van der Waals surface area contributed by atoms with Gasteiger partial charge in [0.1, 0.15) is 0 Å². The summed E-state index contributed by atoms with van der Waals surface area (Å²) < 4.78 is 5.30. The third kappa shape index (κ3) is 3.26. The molecule has 3 rings (SSSR count). The molecule has 0 aromatic carbocycles. The van der Waals surface area contributed by atoms with Crippen LogP contribution in [0.25, 0.3) is 0 Å². The van der Waals surface area contributed by atoms with Crippen molar-refractivity contribution in [2.45, 2.75) is 51.5 Å². The van der Waals surface area contributed by atoms with Crippen LogP contribution >= 0.6 is 0 Å². The molecule has 0 radical (unpaired) electrons. The van der Waals surface area contributed by atoms with Crippen molar-refractivity contribution in [2.24, 2.45) is 0 Å². The highest BCUT2D eigenvalue weighted by molar-refractivity contribution is 5.73. The Labute approximate surface area is 125 Å². The molecule has 0 bridgehead atoms. The molecular weight excluding hydrogens is 268 g/mol. The monoisotopic (exact) mass is 292 g/mol. The number of rotatable bonds is 2. The van der Waals surface area contributed by atoms with E-state index in [1.54, 1.807) is 6.92 Å². The number of aryl methyl sites for hydroxylation is 1. The van der Waals surface area contributed by atoms with Gasteiger partial charge in [-0.05, 0) is 45.7 Å². The van der Waals surface area contributed by atoms with Gasteiger partial charge >= 0.3 is 0 Å². The number of amides is 1. The number of likely N-dealkylation sites (tertiary alicyclic amines) is 2. The summed E-state index contributed by atoms with van der Waals surface area (Å²) in [4.78, 5) is 20.3. The first-order valence-electron chi connectivity index (χ1n) is 7.93. The number of carbonyl (C=O) groups excluding carboxylic acids is 1. The molecule has 1 amide bonds. The number of hydrogen-bond acceptors (Lipinski definition) is 5. The molecule has 0 aliphatic carbocycles. The number of carbonyl (C=O) groups is 1. The second-order valence-electron chi connectivity index (χ2n) is 6.23. The highest BCUT2D eigenvalue weighted by Gasteiger charge is 2.30. The second kappa shape index (κ2) is 6.13. The Morgan fingerprint density at radius 2 is 1.81 bits per heavy atom. The van der Waals surface area contributed by atoms with Crippen LogP contribution in [0.3, 0.4) is 0 Å². The number of piperidine rings is 2. The van der Waals surface area contributed by atoms with E-state index in [2.05, 4.69) is 15.0 Å². The topological polar surface area (TPSA) is 62.5 Å². The highest BCUT2D eigenvalue weighted by atomic mass is 16.5. The zero-order valence-electron chi connectivity index (χ0n) is 12.9. The Hall–Kier alpha value is -1.43. The van der Waals surface area contributed by atoms with Crippen LogP contribution < -0.4 is 0 Å². The SMILES string of the molecule is CC(=O)N1CCC(N2CCC(c3nc(C)no3)CC2)CC1. The maximum atomic E-state index is 11.4. The van der Waals surface area contributed by atoms with Gasteiger partial charge in [0, 0.05) is 32.0 Å². The van der Waals surface area contributed by atoms with Crippen molar-refractivity contribution < 1.29 is 9.32 Å². The van der Waals surface area contributed by atoms with Crippen molar-refractivity contribution in [3.63, 3.8) is 0 Å². The molecule has 0 N–H and O–H groups in total. The fourth-order valence-electron chi connectivity index (χ4n) is 3.54. The van der Waals surface area contributed by atoms with Gasteiger partial charge in [-0.2, -0.15) is 4.98 Å². The van der Waals surface area contributed by atoms with Crippen molar-refractivity contribution >= 4 is 5.91 Å². The molecule has 1 aromatic rings. The molecule has 21 heavy (non-hydrogen) atoms. The molecule has 0 spiro atoms. The molecule has 0 saturated carbocycles. The largest absolute Gasteiger partial charge is 0.343 e. The van der Waals surface area contributed by atoms with Crippen LogP contribution in [0, 0.1) is 6.92 Å². The molecule has 2 saturated heterocycles. The van der Waals surface area contributed by atoms with Gasteiger partial charge in [0.25, 0.3) is 0 Å². The van der Waals surface area contributed by atoms with E-state index in [9.17, 15) is 4.79 Å². The highest BCUT2D eigenvalue weighted by Crippen LogP contribution is 2.29. The van der Waals surface area contributed by atoms with Gasteiger partial charge in [-0.1, -0.05) is 5.16 Å². The molecule has 0 unspecified atom stereocenters. The number of nitrogens with zero attached hydrogens (tertiary/aromatic N) is 4. The average Bonchev–Trinajstić information content (AvgIpc) is 2.94. The van der Waals surface area contributed by atoms with Gasteiger partial charge in [-0.15, -0.1) is 0 Å². The first kappa shape index (κ1) is 14.5. The Morgan fingerprint density at radius 3 is 2.33 bits per heavy atom. The van der Waals surface area contributed by atoms with Gasteiger partial charge in [0.2, 0.25) is 11.8 Å². The van der Waals surface area contributed by atoms with Gasteiger partial charge in [0.15, 0.2) is 5.82 Å². The zero-order valence-corrected chi connectivity index (χ0v) is 12.9. The van der Waals surface area contributed by atoms with Gasteiger partial charge < -0.3 is 14.3 Å². The summed E-state index contributed by atoms with van der Waals surface area (Å²) in [6.45, 7) is 7.53. The molecule has 2 aliphatic rings. The van der Waals surface area contributed by atoms with Crippen LogP contribution in [-0.4, -0.2) is 58.1 Å². The first-order chi connectivity index (χ1) is 10.1. The Bertz CT molecular complexity index is 486. The summed E-state index contributed by atoms with van der Waals surface area (Å²) >= 11 is 0. The first-order valence-corrected chi connectivity index (χ1v) is 7.93. The zero-order chi connectivity index (χ0) is 14.8. The quantitative estimate of drug-likeness (QED) is 0.828. The molecule has 6 nitrogen and oxygen atoms in total. The molecule has 3 heterocycles. The summed E-state index contributed by atoms with van der Waals surface area (Å²) in [5, 5.41) is 3.89. The van der Waals surface area contributed by atoms with E-state index in [1.807, 2.05) is 11.8 Å². The second-order valence-corrected chi connectivity index (χ2v) is 6.23. The van der Waals surface area contributed by atoms with Crippen molar-refractivity contribution in [3.05, 3.63) is 11.7 Å². The summed E-state index contributed by atoms with van der Waals surface area (Å²) in [6, 6.07) is 0.631. The molecule has 1 aromatic heterocycles. The normalized spacial score (nSPS) is 22.7. The van der Waals surface area contributed by atoms with Crippen LogP contribution in [0.5, 0.6) is 0 Å². The number of aromatic nitrogens is 2. The van der Waals surface area contributed by atoms with E-state index in [-0.39, 0.29) is 5.91 Å². The van der Waals surface area contributed by atoms with Crippen LogP contribution in [0.15, 0.2) is 4.52 Å². The summed E-state index contributed by atoms with van der Waals surface area (Å²) in [7, 11) is 0. The Balaban J connectivity index is 1.49. The molecule has 2 aliphatic heterocycles. The summed E-state index contributed by atoms with van der Waals surface area (Å²) in [6.07, 6.45) is 4.39. The molecule has 116 valence electrons. The van der Waals surface area contributed by atoms with E-state index >= 15 is 0 Å². The standard InChI is InChI=1S/C15H24N4O2/c1-11-16-15(21-17-11)13-3-7-19(8-4-13)14-5-9-18(10-6-14)12(2)20/h13-14H,3-10H2,1-2H3. The summed E-state index contributed by atoms with van der Waals surface area (Å²) in [5.74, 6) is 2.15. The van der Waals surface area contributed by atoms with E-state index in [0.717, 1.165) is 63.6 Å². The lowest BCUT2D eigenvalue weighted by Gasteiger charge is -2.41. The van der Waals surface area contributed by atoms with Crippen LogP contribution in [0.1, 0.15) is 50.2 Å². The summed E-state index contributed by atoms with van der Waals surface area (Å²) in [5.41, 5.74) is 0. The van der Waals surface area contributed by atoms with Gasteiger partial charge in [0.05, 0.1) is 0 Å². The Kier molecular flexibility index (Phi) is 4.24. The van der Waals surface area contributed by atoms with Crippen molar-refractivity contribution in [1.29, 1.82) is 0 Å². The maximum absolute atomic E-state index is 11.4. The average molecular weight is 292 g/mol. The van der Waals surface area contributed by atoms with Crippen molar-refractivity contribution in [1.82, 2.24) is 19.9 Å². The molecular formula is C15H24N4O2. The maximum Gasteiger partial charge on any atom is 0.229 e. The van der Waals surface area contributed by atoms with E-state index in [4.69, 9.17) is 4.52 Å². The van der Waals surface area contributed by atoms with Crippen LogP contribution in [0.4, 0.5) is 0 Å². The minimum absolute atomic E-state index is 0.207. The predicted octanol–water partition coefficient (Wildman–Crippen LogP) is 1.57. The van der Waals surface area contributed by atoms with E-state index in [0.29, 0.717) is 12.0 Å². The third-order valence-corrected chi connectivity index (χ3v) is 4.85. The number of hydrogen-bond donors (Lipinski definition) is 0. The lowest BCUT2D eigenvalue weighted by Crippen LogP contribution is -2.48. The lowest BCUT2D eigenvalue weighted by molar-refractivity contribution is -0.130. The van der Waals surface area contributed by atoms with E-state index in [1.165, 1.54) is 0 Å². The third-order valence-electron chi connectivity index (χ3n) is 4.85. The van der Waals surface area contributed by atoms with E-state index < -0.39 is 0 Å². The molecule has 2 fully saturated rings. The minimum atomic E-state index is 0.207. The predicted molar refractivity (Wildman–Crippen MR) is 77.9 cm³/mol. The lowest BCUT2D eigenvalue weighted by atomic mass is 9.93. The molecule has 6 heteroatoms. The van der Waals surface area contributed by atoms with Gasteiger partial charge in [-0.3, -0.25) is 4.79 Å². The fraction of sp³-hybridized carbons (Fsp3) is 0.800. The van der Waals surface area contributed by atoms with Crippen LogP contribution in [0.2, 0.25) is 0 Å². The van der Waals surface area contributed by atoms with Gasteiger partial charge in [-0.25, -0.2) is 0 Å².